The van der Waals surface area contributed by atoms with Crippen molar-refractivity contribution in [2.45, 2.75) is 25.9 Å². The number of hydrogen-bond acceptors (Lipinski definition) is 5. The Morgan fingerprint density at radius 1 is 0.852 bits per heavy atom. The molecule has 1 aliphatic rings. The molecular formula is C22H26O5. The van der Waals surface area contributed by atoms with Gasteiger partial charge in [-0.05, 0) is 25.1 Å². The van der Waals surface area contributed by atoms with Gasteiger partial charge in [-0.1, -0.05) is 19.1 Å². The van der Waals surface area contributed by atoms with Crippen LogP contribution in [0.5, 0.6) is 28.7 Å². The quantitative estimate of drug-likeness (QED) is 0.717. The summed E-state index contributed by atoms with van der Waals surface area (Å²) in [6.07, 6.45) is 3.89. The third-order valence-corrected chi connectivity index (χ3v) is 4.92. The number of hydrogen-bond donors (Lipinski definition) is 0. The molecule has 0 fully saturated rings. The lowest BCUT2D eigenvalue weighted by Gasteiger charge is -2.19. The van der Waals surface area contributed by atoms with E-state index >= 15 is 0 Å². The molecule has 0 bridgehead atoms. The number of rotatable bonds is 6. The van der Waals surface area contributed by atoms with Crippen LogP contribution in [0.15, 0.2) is 30.3 Å². The van der Waals surface area contributed by atoms with Crippen LogP contribution in [0.1, 0.15) is 42.6 Å². The summed E-state index contributed by atoms with van der Waals surface area (Å²) in [6, 6.07) is 7.98. The van der Waals surface area contributed by atoms with E-state index in [1.165, 1.54) is 0 Å². The van der Waals surface area contributed by atoms with Gasteiger partial charge in [-0.25, -0.2) is 0 Å². The molecule has 27 heavy (non-hydrogen) atoms. The van der Waals surface area contributed by atoms with Crippen molar-refractivity contribution < 1.29 is 23.7 Å². The fourth-order valence-corrected chi connectivity index (χ4v) is 3.56. The minimum atomic E-state index is -0.153. The van der Waals surface area contributed by atoms with Gasteiger partial charge in [0, 0.05) is 28.7 Å². The lowest BCUT2D eigenvalue weighted by atomic mass is 9.91. The van der Waals surface area contributed by atoms with Crippen LogP contribution in [-0.2, 0) is 0 Å². The Morgan fingerprint density at radius 3 is 2.00 bits per heavy atom. The molecule has 0 aromatic heterocycles. The molecule has 0 amide bonds. The number of benzene rings is 2. The summed E-state index contributed by atoms with van der Waals surface area (Å²) in [5.74, 6) is 3.61. The highest BCUT2D eigenvalue weighted by molar-refractivity contribution is 5.63. The van der Waals surface area contributed by atoms with Crippen LogP contribution >= 0.6 is 0 Å². The molecule has 0 saturated heterocycles. The Kier molecular flexibility index (Phi) is 5.49. The van der Waals surface area contributed by atoms with Gasteiger partial charge in [0.2, 0.25) is 5.75 Å². The van der Waals surface area contributed by atoms with Crippen molar-refractivity contribution in [1.82, 2.24) is 0 Å². The van der Waals surface area contributed by atoms with Crippen LogP contribution in [0.4, 0.5) is 0 Å². The molecule has 5 heteroatoms. The monoisotopic (exact) mass is 370 g/mol. The summed E-state index contributed by atoms with van der Waals surface area (Å²) in [6.45, 7) is 4.15. The van der Waals surface area contributed by atoms with Gasteiger partial charge >= 0.3 is 0 Å². The van der Waals surface area contributed by atoms with E-state index in [0.717, 1.165) is 28.2 Å². The predicted molar refractivity (Wildman–Crippen MR) is 106 cm³/mol. The predicted octanol–water partition coefficient (Wildman–Crippen LogP) is 4.99. The minimum absolute atomic E-state index is 0.153. The highest BCUT2D eigenvalue weighted by Gasteiger charge is 2.34. The van der Waals surface area contributed by atoms with Gasteiger partial charge in [0.05, 0.1) is 28.4 Å². The molecule has 2 aromatic rings. The molecule has 1 aliphatic heterocycles. The van der Waals surface area contributed by atoms with E-state index in [4.69, 9.17) is 23.7 Å². The van der Waals surface area contributed by atoms with Gasteiger partial charge in [0.25, 0.3) is 0 Å². The number of fused-ring (bicyclic) bond motifs is 1. The van der Waals surface area contributed by atoms with Crippen LogP contribution in [0.2, 0.25) is 0 Å². The van der Waals surface area contributed by atoms with E-state index < -0.39 is 0 Å². The maximum Gasteiger partial charge on any atom is 0.203 e. The van der Waals surface area contributed by atoms with E-state index in [0.29, 0.717) is 17.2 Å². The fourth-order valence-electron chi connectivity index (χ4n) is 3.56. The fraction of sp³-hybridized carbons (Fsp3) is 0.364. The van der Waals surface area contributed by atoms with Gasteiger partial charge in [-0.3, -0.25) is 0 Å². The Bertz CT molecular complexity index is 831. The van der Waals surface area contributed by atoms with Crippen molar-refractivity contribution in [2.75, 3.05) is 28.4 Å². The molecule has 0 radical (unpaired) electrons. The van der Waals surface area contributed by atoms with Crippen LogP contribution in [0.25, 0.3) is 6.08 Å². The third-order valence-electron chi connectivity index (χ3n) is 4.92. The van der Waals surface area contributed by atoms with E-state index in [9.17, 15) is 0 Å². The molecule has 0 N–H and O–H groups in total. The molecule has 0 unspecified atom stereocenters. The highest BCUT2D eigenvalue weighted by Crippen LogP contribution is 2.50. The second-order valence-corrected chi connectivity index (χ2v) is 6.42. The molecule has 3 rings (SSSR count). The van der Waals surface area contributed by atoms with E-state index in [1.807, 2.05) is 37.3 Å². The normalized spacial score (nSPS) is 18.1. The summed E-state index contributed by atoms with van der Waals surface area (Å²) in [5, 5.41) is 0. The lowest BCUT2D eigenvalue weighted by Crippen LogP contribution is -2.08. The molecule has 2 atom stereocenters. The first kappa shape index (κ1) is 19.0. The Hall–Kier alpha value is -2.82. The molecule has 0 saturated carbocycles. The van der Waals surface area contributed by atoms with Gasteiger partial charge in [0.15, 0.2) is 11.5 Å². The zero-order valence-electron chi connectivity index (χ0n) is 16.7. The highest BCUT2D eigenvalue weighted by atomic mass is 16.5. The maximum absolute atomic E-state index is 6.30. The van der Waals surface area contributed by atoms with Crippen LogP contribution in [-0.4, -0.2) is 28.4 Å². The summed E-state index contributed by atoms with van der Waals surface area (Å²) in [5.41, 5.74) is 3.17. The first-order valence-corrected chi connectivity index (χ1v) is 8.89. The largest absolute Gasteiger partial charge is 0.496 e. The van der Waals surface area contributed by atoms with Crippen molar-refractivity contribution in [3.05, 3.63) is 47.0 Å². The van der Waals surface area contributed by atoms with Crippen molar-refractivity contribution in [1.29, 1.82) is 0 Å². The van der Waals surface area contributed by atoms with Crippen LogP contribution < -0.4 is 23.7 Å². The van der Waals surface area contributed by atoms with Gasteiger partial charge in [0.1, 0.15) is 17.6 Å². The van der Waals surface area contributed by atoms with Crippen LogP contribution in [0.3, 0.4) is 0 Å². The second kappa shape index (κ2) is 7.82. The smallest absolute Gasteiger partial charge is 0.203 e. The maximum atomic E-state index is 6.30. The molecule has 5 nitrogen and oxygen atoms in total. The number of allylic oxidation sites excluding steroid dienone is 1. The van der Waals surface area contributed by atoms with Crippen molar-refractivity contribution >= 4 is 6.08 Å². The second-order valence-electron chi connectivity index (χ2n) is 6.42. The van der Waals surface area contributed by atoms with Gasteiger partial charge in [-0.2, -0.15) is 0 Å². The number of methoxy groups -OCH3 is 4. The first-order valence-electron chi connectivity index (χ1n) is 8.89. The van der Waals surface area contributed by atoms with E-state index in [-0.39, 0.29) is 12.0 Å². The summed E-state index contributed by atoms with van der Waals surface area (Å²) >= 11 is 0. The molecule has 144 valence electrons. The van der Waals surface area contributed by atoms with Gasteiger partial charge in [-0.15, -0.1) is 0 Å². The molecule has 1 heterocycles. The van der Waals surface area contributed by atoms with Gasteiger partial charge < -0.3 is 23.7 Å². The summed E-state index contributed by atoms with van der Waals surface area (Å²) in [4.78, 5) is 0. The average molecular weight is 370 g/mol. The molecular weight excluding hydrogens is 344 g/mol. The Labute approximate surface area is 160 Å². The Balaban J connectivity index is 2.04. The molecule has 0 spiro atoms. The summed E-state index contributed by atoms with van der Waals surface area (Å²) in [7, 11) is 6.50. The van der Waals surface area contributed by atoms with E-state index in [1.54, 1.807) is 28.4 Å². The van der Waals surface area contributed by atoms with Crippen LogP contribution in [0, 0.1) is 0 Å². The van der Waals surface area contributed by atoms with Crippen molar-refractivity contribution in [2.24, 2.45) is 0 Å². The topological polar surface area (TPSA) is 46.2 Å². The minimum Gasteiger partial charge on any atom is -0.496 e. The summed E-state index contributed by atoms with van der Waals surface area (Å²) < 4.78 is 28.2. The third kappa shape index (κ3) is 3.29. The lowest BCUT2D eigenvalue weighted by molar-refractivity contribution is 0.213. The van der Waals surface area contributed by atoms with Crippen molar-refractivity contribution in [3.8, 4) is 28.7 Å². The first-order chi connectivity index (χ1) is 13.1. The van der Waals surface area contributed by atoms with E-state index in [2.05, 4.69) is 13.0 Å². The standard InChI is InChI=1S/C22H26O5/c1-7-8-14-9-16-13(2)21(27-18(16)12-17(14)23-3)15-10-19(24-4)22(26-6)20(11-15)25-5/h7-13,21H,1-6H3/t13-,21-/m1/s1. The SMILES string of the molecule is CC=Cc1cc2c(cc1OC)O[C@@H](c1cc(OC)c(OC)c(OC)c1)[C@@H]2C. The average Bonchev–Trinajstić information content (AvgIpc) is 3.02. The zero-order chi connectivity index (χ0) is 19.6. The van der Waals surface area contributed by atoms with Crippen molar-refractivity contribution in [3.63, 3.8) is 0 Å². The molecule has 2 aromatic carbocycles. The number of ether oxygens (including phenoxy) is 5. The zero-order valence-corrected chi connectivity index (χ0v) is 16.7. The Morgan fingerprint density at radius 2 is 1.48 bits per heavy atom. The molecule has 0 aliphatic carbocycles.